The summed E-state index contributed by atoms with van der Waals surface area (Å²) < 4.78 is 16.8. The first kappa shape index (κ1) is 15.9. The van der Waals surface area contributed by atoms with Crippen molar-refractivity contribution in [3.05, 3.63) is 30.3 Å². The van der Waals surface area contributed by atoms with E-state index < -0.39 is 42.4 Å². The Morgan fingerprint density at radius 1 is 0.882 bits per heavy atom. The van der Waals surface area contributed by atoms with Crippen molar-refractivity contribution < 1.29 is 13.3 Å². The molecule has 0 fully saturated rings. The van der Waals surface area contributed by atoms with Gasteiger partial charge >= 0.3 is 127 Å². The van der Waals surface area contributed by atoms with Gasteiger partial charge in [0.15, 0.2) is 0 Å². The summed E-state index contributed by atoms with van der Waals surface area (Å²) in [4.78, 5) is 0. The molecule has 0 bridgehead atoms. The normalized spacial score (nSPS) is 11.2. The van der Waals surface area contributed by atoms with Crippen LogP contribution in [-0.4, -0.2) is 62.2 Å². The van der Waals surface area contributed by atoms with E-state index in [0.29, 0.717) is 19.8 Å². The zero-order chi connectivity index (χ0) is 12.6. The van der Waals surface area contributed by atoms with Crippen molar-refractivity contribution in [2.24, 2.45) is 0 Å². The molecule has 0 aliphatic carbocycles. The summed E-state index contributed by atoms with van der Waals surface area (Å²) in [6.07, 6.45) is 0. The number of hydrogen-bond donors (Lipinski definition) is 0. The van der Waals surface area contributed by atoms with Crippen LogP contribution >= 0.6 is 0 Å². The van der Waals surface area contributed by atoms with Crippen LogP contribution in [0.15, 0.2) is 30.3 Å². The van der Waals surface area contributed by atoms with E-state index in [2.05, 4.69) is 24.3 Å². The summed E-state index contributed by atoms with van der Waals surface area (Å²) in [7, 11) is 0. The topological polar surface area (TPSA) is 27.7 Å². The van der Waals surface area contributed by atoms with E-state index in [1.165, 1.54) is 0.534 Å². The molecule has 3 nitrogen and oxygen atoms in total. The minimum absolute atomic E-state index is 0.677. The van der Waals surface area contributed by atoms with Crippen molar-refractivity contribution >= 4 is 42.9 Å². The second-order valence-electron chi connectivity index (χ2n) is 3.64. The van der Waals surface area contributed by atoms with E-state index in [4.69, 9.17) is 13.3 Å². The Balaban J connectivity index is 2.80. The SMILES string of the molecule is CCO[Si](OCC)(OCC)[Sr][c]1ccccc1. The summed E-state index contributed by atoms with van der Waals surface area (Å²) in [5.41, 5.74) is 0. The van der Waals surface area contributed by atoms with E-state index in [0.717, 1.165) is 0 Å². The third-order valence-electron chi connectivity index (χ3n) is 2.36. The molecule has 0 unspecified atom stereocenters. The molecule has 0 atom stereocenters. The molecule has 1 aromatic rings. The van der Waals surface area contributed by atoms with Crippen LogP contribution < -0.4 is 0.534 Å². The maximum absolute atomic E-state index is 5.90. The van der Waals surface area contributed by atoms with E-state index in [1.54, 1.807) is 0 Å². The Morgan fingerprint density at radius 3 is 1.76 bits per heavy atom. The van der Waals surface area contributed by atoms with E-state index in [9.17, 15) is 0 Å². The fraction of sp³-hybridized carbons (Fsp3) is 0.500. The summed E-state index contributed by atoms with van der Waals surface area (Å²) in [6, 6.07) is 10.6. The van der Waals surface area contributed by atoms with Gasteiger partial charge in [-0.1, -0.05) is 0 Å². The Hall–Kier alpha value is 0.797. The van der Waals surface area contributed by atoms with Crippen molar-refractivity contribution in [2.75, 3.05) is 19.8 Å². The molecule has 0 amide bonds. The van der Waals surface area contributed by atoms with Gasteiger partial charge in [-0.05, 0) is 0 Å². The van der Waals surface area contributed by atoms with Crippen LogP contribution in [0.2, 0.25) is 0 Å². The molecular formula is C12H20O3SiSr. The molecule has 0 aromatic heterocycles. The standard InChI is InChI=1S/C6H15O3Si.C6H5.Sr/c1-4-7-10(8-5-2)9-6-3;1-2-4-6-5-3-1;/h4-6H2,1-3H3;1-5H;. The van der Waals surface area contributed by atoms with Crippen LogP contribution in [0.1, 0.15) is 20.8 Å². The van der Waals surface area contributed by atoms with E-state index in [-0.39, 0.29) is 0 Å². The third kappa shape index (κ3) is 5.53. The average Bonchev–Trinajstić information content (AvgIpc) is 2.31. The van der Waals surface area contributed by atoms with Crippen LogP contribution in [0, 0.1) is 0 Å². The van der Waals surface area contributed by atoms with Gasteiger partial charge in [-0.25, -0.2) is 0 Å². The first-order chi connectivity index (χ1) is 8.26. The minimum atomic E-state index is -2.33. The van der Waals surface area contributed by atoms with Crippen molar-refractivity contribution in [1.29, 1.82) is 0 Å². The Kier molecular flexibility index (Phi) is 8.23. The van der Waals surface area contributed by atoms with E-state index in [1.807, 2.05) is 26.8 Å². The average molecular weight is 328 g/mol. The van der Waals surface area contributed by atoms with Gasteiger partial charge in [0.2, 0.25) is 0 Å². The molecule has 0 saturated carbocycles. The number of hydrogen-bond acceptors (Lipinski definition) is 3. The molecule has 0 N–H and O–H groups in total. The predicted molar refractivity (Wildman–Crippen MR) is 72.5 cm³/mol. The molecular weight excluding hydrogens is 308 g/mol. The summed E-state index contributed by atoms with van der Waals surface area (Å²) in [6.45, 7) is 8.06. The first-order valence-corrected chi connectivity index (χ1v) is 15.1. The van der Waals surface area contributed by atoms with Gasteiger partial charge in [-0.15, -0.1) is 0 Å². The molecule has 0 aliphatic rings. The number of rotatable bonds is 8. The van der Waals surface area contributed by atoms with Gasteiger partial charge < -0.3 is 0 Å². The molecule has 92 valence electrons. The van der Waals surface area contributed by atoms with Gasteiger partial charge in [0.25, 0.3) is 0 Å². The monoisotopic (exact) mass is 328 g/mol. The molecule has 0 spiro atoms. The van der Waals surface area contributed by atoms with Crippen LogP contribution in [0.4, 0.5) is 0 Å². The van der Waals surface area contributed by atoms with Gasteiger partial charge in [-0.3, -0.25) is 0 Å². The molecule has 0 radical (unpaired) electrons. The zero-order valence-corrected chi connectivity index (χ0v) is 15.4. The summed E-state index contributed by atoms with van der Waals surface area (Å²) in [5.74, 6) is 0. The molecule has 0 heterocycles. The van der Waals surface area contributed by atoms with Crippen LogP contribution in [0.3, 0.4) is 0 Å². The third-order valence-corrected chi connectivity index (χ3v) is 17.3. The van der Waals surface area contributed by atoms with Crippen LogP contribution in [-0.2, 0) is 13.3 Å². The molecule has 1 aromatic carbocycles. The van der Waals surface area contributed by atoms with Crippen molar-refractivity contribution in [2.45, 2.75) is 20.8 Å². The fourth-order valence-electron chi connectivity index (χ4n) is 1.78. The Bertz CT molecular complexity index is 291. The molecule has 1 rings (SSSR count). The molecule has 0 saturated heterocycles. The second kappa shape index (κ2) is 8.82. The molecule has 17 heavy (non-hydrogen) atoms. The van der Waals surface area contributed by atoms with Crippen molar-refractivity contribution in [1.82, 2.24) is 0 Å². The van der Waals surface area contributed by atoms with E-state index >= 15 is 0 Å². The van der Waals surface area contributed by atoms with Crippen molar-refractivity contribution in [3.63, 3.8) is 0 Å². The van der Waals surface area contributed by atoms with Gasteiger partial charge in [0, 0.05) is 0 Å². The summed E-state index contributed by atoms with van der Waals surface area (Å²) >= 11 is -1.38. The fourth-order valence-corrected chi connectivity index (χ4v) is 17.3. The van der Waals surface area contributed by atoms with Crippen molar-refractivity contribution in [3.8, 4) is 0 Å². The molecule has 5 heteroatoms. The zero-order valence-electron chi connectivity index (χ0n) is 10.9. The summed E-state index contributed by atoms with van der Waals surface area (Å²) in [5, 5.41) is 0. The number of benzene rings is 1. The van der Waals surface area contributed by atoms with Gasteiger partial charge in [0.05, 0.1) is 0 Å². The molecule has 0 aliphatic heterocycles. The second-order valence-corrected chi connectivity index (χ2v) is 17.2. The predicted octanol–water partition coefficient (Wildman–Crippen LogP) is 1.56. The van der Waals surface area contributed by atoms with Gasteiger partial charge in [-0.2, -0.15) is 0 Å². The quantitative estimate of drug-likeness (QED) is 0.678. The maximum atomic E-state index is 5.90. The van der Waals surface area contributed by atoms with Crippen LogP contribution in [0.25, 0.3) is 0 Å². The Labute approximate surface area is 126 Å². The van der Waals surface area contributed by atoms with Gasteiger partial charge in [0.1, 0.15) is 0 Å². The first-order valence-electron chi connectivity index (χ1n) is 6.22. The Morgan fingerprint density at radius 2 is 1.35 bits per heavy atom. The van der Waals surface area contributed by atoms with Crippen LogP contribution in [0.5, 0.6) is 0 Å².